The first-order valence-corrected chi connectivity index (χ1v) is 7.33. The van der Waals surface area contributed by atoms with Crippen molar-refractivity contribution in [3.05, 3.63) is 34.9 Å². The van der Waals surface area contributed by atoms with E-state index in [1.54, 1.807) is 0 Å². The van der Waals surface area contributed by atoms with Crippen LogP contribution in [-0.2, 0) is 18.0 Å². The van der Waals surface area contributed by atoms with Crippen molar-refractivity contribution in [3.63, 3.8) is 0 Å². The van der Waals surface area contributed by atoms with Crippen molar-refractivity contribution in [2.75, 3.05) is 13.2 Å². The number of aliphatic hydroxyl groups excluding tert-OH is 1. The van der Waals surface area contributed by atoms with Gasteiger partial charge in [0.25, 0.3) is 5.91 Å². The number of carbonyl (C=O) groups excluding carboxylic acids is 1. The molecule has 4 nitrogen and oxygen atoms in total. The molecule has 2 N–H and O–H groups in total. The van der Waals surface area contributed by atoms with E-state index in [1.807, 2.05) is 18.2 Å². The Hall–Kier alpha value is -1.39. The van der Waals surface area contributed by atoms with Gasteiger partial charge in [0.15, 0.2) is 0 Å². The highest BCUT2D eigenvalue weighted by atomic mass is 16.5. The Morgan fingerprint density at radius 3 is 2.90 bits per heavy atom. The molecule has 0 radical (unpaired) electrons. The first-order chi connectivity index (χ1) is 9.74. The molecule has 2 rings (SSSR count). The van der Waals surface area contributed by atoms with Crippen molar-refractivity contribution >= 4 is 5.91 Å². The van der Waals surface area contributed by atoms with Crippen LogP contribution in [0.4, 0.5) is 0 Å². The van der Waals surface area contributed by atoms with Gasteiger partial charge < -0.3 is 15.2 Å². The van der Waals surface area contributed by atoms with Gasteiger partial charge in [-0.25, -0.2) is 0 Å². The Kier molecular flexibility index (Phi) is 5.56. The molecular formula is C16H23NO3. The van der Waals surface area contributed by atoms with Crippen LogP contribution in [0.15, 0.2) is 18.2 Å². The van der Waals surface area contributed by atoms with Crippen LogP contribution in [-0.4, -0.2) is 24.2 Å². The zero-order valence-electron chi connectivity index (χ0n) is 12.0. The van der Waals surface area contributed by atoms with Gasteiger partial charge in [0.05, 0.1) is 13.2 Å². The second-order valence-electron chi connectivity index (χ2n) is 5.35. The van der Waals surface area contributed by atoms with Crippen molar-refractivity contribution in [3.8, 4) is 0 Å². The van der Waals surface area contributed by atoms with Crippen molar-refractivity contribution < 1.29 is 14.6 Å². The Balaban J connectivity index is 1.91. The molecule has 1 heterocycles. The predicted molar refractivity (Wildman–Crippen MR) is 77.4 cm³/mol. The highest BCUT2D eigenvalue weighted by Gasteiger charge is 2.15. The first kappa shape index (κ1) is 15.0. The van der Waals surface area contributed by atoms with Crippen LogP contribution in [0.3, 0.4) is 0 Å². The molecule has 1 amide bonds. The molecule has 0 spiro atoms. The molecule has 1 aliphatic heterocycles. The Morgan fingerprint density at radius 1 is 1.35 bits per heavy atom. The molecule has 0 aromatic heterocycles. The molecule has 0 aliphatic carbocycles. The van der Waals surface area contributed by atoms with E-state index in [2.05, 4.69) is 12.2 Å². The van der Waals surface area contributed by atoms with Gasteiger partial charge in [0.1, 0.15) is 0 Å². The summed E-state index contributed by atoms with van der Waals surface area (Å²) in [6.07, 6.45) is 2.84. The number of ether oxygens (including phenoxy) is 1. The standard InChI is InChI=1S/C16H23NO3/c1-2-3-12(6-7-18)9-17-16(19)13-4-5-14-10-20-11-15(14)8-13/h4-5,8,12,18H,2-3,6-7,9-11H2,1H3,(H,17,19). The van der Waals surface area contributed by atoms with Crippen LogP contribution in [0.1, 0.15) is 47.7 Å². The molecule has 1 aromatic carbocycles. The molecular weight excluding hydrogens is 254 g/mol. The van der Waals surface area contributed by atoms with Gasteiger partial charge in [-0.2, -0.15) is 0 Å². The zero-order chi connectivity index (χ0) is 14.4. The van der Waals surface area contributed by atoms with Gasteiger partial charge in [-0.05, 0) is 42.0 Å². The number of amides is 1. The predicted octanol–water partition coefficient (Wildman–Crippen LogP) is 2.25. The van der Waals surface area contributed by atoms with Crippen molar-refractivity contribution in [2.45, 2.75) is 39.4 Å². The van der Waals surface area contributed by atoms with Crippen LogP contribution in [0.5, 0.6) is 0 Å². The molecule has 0 saturated carbocycles. The molecule has 1 atom stereocenters. The quantitative estimate of drug-likeness (QED) is 0.803. The number of hydrogen-bond donors (Lipinski definition) is 2. The largest absolute Gasteiger partial charge is 0.396 e. The average Bonchev–Trinajstić information content (AvgIpc) is 2.92. The number of fused-ring (bicyclic) bond motifs is 1. The Morgan fingerprint density at radius 2 is 2.15 bits per heavy atom. The fraction of sp³-hybridized carbons (Fsp3) is 0.562. The van der Waals surface area contributed by atoms with E-state index in [0.717, 1.165) is 24.8 Å². The van der Waals surface area contributed by atoms with Crippen LogP contribution in [0.2, 0.25) is 0 Å². The Labute approximate surface area is 120 Å². The minimum Gasteiger partial charge on any atom is -0.396 e. The lowest BCUT2D eigenvalue weighted by Gasteiger charge is -2.15. The molecule has 1 aliphatic rings. The number of benzene rings is 1. The second kappa shape index (κ2) is 7.41. The molecule has 110 valence electrons. The van der Waals surface area contributed by atoms with Crippen LogP contribution < -0.4 is 5.32 Å². The number of rotatable bonds is 7. The summed E-state index contributed by atoms with van der Waals surface area (Å²) in [7, 11) is 0. The molecule has 1 aromatic rings. The van der Waals surface area contributed by atoms with Gasteiger partial charge in [-0.1, -0.05) is 19.4 Å². The summed E-state index contributed by atoms with van der Waals surface area (Å²) in [4.78, 5) is 12.1. The van der Waals surface area contributed by atoms with Crippen LogP contribution >= 0.6 is 0 Å². The number of nitrogens with one attached hydrogen (secondary N) is 1. The van der Waals surface area contributed by atoms with E-state index < -0.39 is 0 Å². The highest BCUT2D eigenvalue weighted by molar-refractivity contribution is 5.94. The summed E-state index contributed by atoms with van der Waals surface area (Å²) in [5, 5.41) is 12.0. The summed E-state index contributed by atoms with van der Waals surface area (Å²) in [5.41, 5.74) is 2.97. The summed E-state index contributed by atoms with van der Waals surface area (Å²) in [5.74, 6) is 0.311. The third-order valence-electron chi connectivity index (χ3n) is 3.77. The van der Waals surface area contributed by atoms with Gasteiger partial charge in [-0.3, -0.25) is 4.79 Å². The lowest BCUT2D eigenvalue weighted by atomic mass is 10.00. The maximum atomic E-state index is 12.1. The topological polar surface area (TPSA) is 58.6 Å². The maximum absolute atomic E-state index is 12.1. The smallest absolute Gasteiger partial charge is 0.251 e. The van der Waals surface area contributed by atoms with E-state index in [1.165, 1.54) is 5.56 Å². The molecule has 0 bridgehead atoms. The van der Waals surface area contributed by atoms with E-state index in [0.29, 0.717) is 31.2 Å². The van der Waals surface area contributed by atoms with Crippen LogP contribution in [0.25, 0.3) is 0 Å². The molecule has 0 fully saturated rings. The Bertz CT molecular complexity index is 453. The third kappa shape index (κ3) is 3.81. The first-order valence-electron chi connectivity index (χ1n) is 7.33. The molecule has 1 unspecified atom stereocenters. The maximum Gasteiger partial charge on any atom is 0.251 e. The lowest BCUT2D eigenvalue weighted by molar-refractivity contribution is 0.0942. The van der Waals surface area contributed by atoms with Gasteiger partial charge in [0, 0.05) is 18.7 Å². The fourth-order valence-electron chi connectivity index (χ4n) is 2.59. The average molecular weight is 277 g/mol. The molecule has 4 heteroatoms. The minimum atomic E-state index is -0.0428. The van der Waals surface area contributed by atoms with E-state index in [9.17, 15) is 4.79 Å². The summed E-state index contributed by atoms with van der Waals surface area (Å²) in [6.45, 7) is 4.16. The summed E-state index contributed by atoms with van der Waals surface area (Å²) >= 11 is 0. The molecule has 20 heavy (non-hydrogen) atoms. The van der Waals surface area contributed by atoms with Crippen molar-refractivity contribution in [2.24, 2.45) is 5.92 Å². The van der Waals surface area contributed by atoms with Crippen molar-refractivity contribution in [1.29, 1.82) is 0 Å². The fourth-order valence-corrected chi connectivity index (χ4v) is 2.59. The number of aliphatic hydroxyl groups is 1. The minimum absolute atomic E-state index is 0.0428. The molecule has 0 saturated heterocycles. The third-order valence-corrected chi connectivity index (χ3v) is 3.77. The number of carbonyl (C=O) groups is 1. The lowest BCUT2D eigenvalue weighted by Crippen LogP contribution is -2.29. The van der Waals surface area contributed by atoms with E-state index in [4.69, 9.17) is 9.84 Å². The van der Waals surface area contributed by atoms with Gasteiger partial charge in [-0.15, -0.1) is 0 Å². The summed E-state index contributed by atoms with van der Waals surface area (Å²) < 4.78 is 5.35. The van der Waals surface area contributed by atoms with Gasteiger partial charge >= 0.3 is 0 Å². The monoisotopic (exact) mass is 277 g/mol. The second-order valence-corrected chi connectivity index (χ2v) is 5.35. The van der Waals surface area contributed by atoms with Gasteiger partial charge in [0.2, 0.25) is 0 Å². The SMILES string of the molecule is CCCC(CCO)CNC(=O)c1ccc2c(c1)COC2. The number of hydrogen-bond acceptors (Lipinski definition) is 3. The van der Waals surface area contributed by atoms with Crippen LogP contribution in [0, 0.1) is 5.92 Å². The zero-order valence-corrected chi connectivity index (χ0v) is 12.0. The van der Waals surface area contributed by atoms with Crippen molar-refractivity contribution in [1.82, 2.24) is 5.32 Å². The summed E-state index contributed by atoms with van der Waals surface area (Å²) in [6, 6.07) is 5.73. The highest BCUT2D eigenvalue weighted by Crippen LogP contribution is 2.20. The van der Waals surface area contributed by atoms with E-state index in [-0.39, 0.29) is 12.5 Å². The normalized spacial score (nSPS) is 14.9. The van der Waals surface area contributed by atoms with E-state index >= 15 is 0 Å².